The lowest BCUT2D eigenvalue weighted by atomic mass is 9.82. The third kappa shape index (κ3) is 7.84. The zero-order valence-corrected chi connectivity index (χ0v) is 23.3. The van der Waals surface area contributed by atoms with Gasteiger partial charge in [-0.1, -0.05) is 126 Å². The quantitative estimate of drug-likeness (QED) is 0.115. The number of benzene rings is 4. The minimum Gasteiger partial charge on any atom is -0.390 e. The number of hydrogen-bond acceptors (Lipinski definition) is 6. The summed E-state index contributed by atoms with van der Waals surface area (Å²) in [6, 6.07) is 38.0. The van der Waals surface area contributed by atoms with Crippen LogP contribution < -0.4 is 0 Å². The molecule has 8 nitrogen and oxygen atoms in total. The average molecular weight is 566 g/mol. The van der Waals surface area contributed by atoms with Gasteiger partial charge in [-0.05, 0) is 27.8 Å². The van der Waals surface area contributed by atoms with Gasteiger partial charge in [0.1, 0.15) is 18.3 Å². The molecule has 4 aromatic carbocycles. The fraction of sp³-hybridized carbons (Fsp3) is 0.294. The van der Waals surface area contributed by atoms with Crippen LogP contribution >= 0.6 is 0 Å². The molecule has 5 rings (SSSR count). The molecule has 1 N–H and O–H groups in total. The van der Waals surface area contributed by atoms with Gasteiger partial charge in [0.25, 0.3) is 0 Å². The van der Waals surface area contributed by atoms with E-state index in [1.807, 2.05) is 121 Å². The smallest absolute Gasteiger partial charge is 0.115 e. The topological polar surface area (TPSA) is 106 Å². The molecule has 0 spiro atoms. The summed E-state index contributed by atoms with van der Waals surface area (Å²) in [5, 5.41) is 15.7. The van der Waals surface area contributed by atoms with Gasteiger partial charge in [0.15, 0.2) is 0 Å². The monoisotopic (exact) mass is 565 g/mol. The fourth-order valence-corrected chi connectivity index (χ4v) is 5.18. The number of nitrogens with zero attached hydrogens (tertiary/aromatic N) is 3. The van der Waals surface area contributed by atoms with Crippen LogP contribution in [0.4, 0.5) is 0 Å². The van der Waals surface area contributed by atoms with E-state index in [1.165, 1.54) is 0 Å². The van der Waals surface area contributed by atoms with Gasteiger partial charge in [-0.25, -0.2) is 0 Å². The summed E-state index contributed by atoms with van der Waals surface area (Å²) in [7, 11) is 0. The van der Waals surface area contributed by atoms with E-state index >= 15 is 0 Å². The maximum atomic E-state index is 11.7. The maximum absolute atomic E-state index is 11.7. The van der Waals surface area contributed by atoms with Crippen LogP contribution in [0.15, 0.2) is 126 Å². The summed E-state index contributed by atoms with van der Waals surface area (Å²) in [6.07, 6.45) is -4.34. The van der Waals surface area contributed by atoms with E-state index in [4.69, 9.17) is 18.9 Å². The van der Waals surface area contributed by atoms with Crippen molar-refractivity contribution in [3.8, 4) is 0 Å². The van der Waals surface area contributed by atoms with Crippen LogP contribution in [-0.4, -0.2) is 41.7 Å². The molecular weight excluding hydrogens is 530 g/mol. The fourth-order valence-electron chi connectivity index (χ4n) is 5.18. The highest BCUT2D eigenvalue weighted by Crippen LogP contribution is 2.34. The minimum absolute atomic E-state index is 0.234. The zero-order chi connectivity index (χ0) is 29.0. The van der Waals surface area contributed by atoms with Crippen molar-refractivity contribution < 1.29 is 24.1 Å². The molecule has 1 fully saturated rings. The Morgan fingerprint density at radius 2 is 0.810 bits per heavy atom. The molecule has 1 aliphatic carbocycles. The average Bonchev–Trinajstić information content (AvgIpc) is 3.05. The van der Waals surface area contributed by atoms with Crippen molar-refractivity contribution in [3.63, 3.8) is 0 Å². The van der Waals surface area contributed by atoms with Crippen molar-refractivity contribution in [1.29, 1.82) is 0 Å². The standard InChI is InChI=1S/C34H35N3O5/c35-37-36-29-30(38)32(40-22-26-15-7-2-8-16-26)34(42-24-28-19-11-4-12-20-28)33(41-23-27-17-9-3-10-18-27)31(29)39-21-25-13-5-1-6-14-25/h1-20,29-34,38H,21-24H2/t29-,30-,31-,32-,33+,34+/m1/s1. The van der Waals surface area contributed by atoms with Gasteiger partial charge in [0.2, 0.25) is 0 Å². The summed E-state index contributed by atoms with van der Waals surface area (Å²) in [5.41, 5.74) is 13.3. The molecule has 42 heavy (non-hydrogen) atoms. The van der Waals surface area contributed by atoms with Gasteiger partial charge in [0, 0.05) is 4.91 Å². The molecule has 216 valence electrons. The first-order valence-corrected chi connectivity index (χ1v) is 14.1. The Kier molecular flexibility index (Phi) is 10.7. The van der Waals surface area contributed by atoms with Gasteiger partial charge in [-0.2, -0.15) is 0 Å². The van der Waals surface area contributed by atoms with E-state index < -0.39 is 36.6 Å². The van der Waals surface area contributed by atoms with Crippen LogP contribution in [0.25, 0.3) is 10.4 Å². The second-order valence-corrected chi connectivity index (χ2v) is 10.2. The number of aliphatic hydroxyl groups is 1. The molecule has 0 saturated heterocycles. The molecular formula is C34H35N3O5. The van der Waals surface area contributed by atoms with Gasteiger partial charge < -0.3 is 24.1 Å². The highest BCUT2D eigenvalue weighted by atomic mass is 16.6. The predicted molar refractivity (Wildman–Crippen MR) is 159 cm³/mol. The van der Waals surface area contributed by atoms with Gasteiger partial charge >= 0.3 is 0 Å². The van der Waals surface area contributed by atoms with Crippen molar-refractivity contribution in [2.75, 3.05) is 0 Å². The maximum Gasteiger partial charge on any atom is 0.115 e. The van der Waals surface area contributed by atoms with E-state index in [1.54, 1.807) is 0 Å². The van der Waals surface area contributed by atoms with Crippen molar-refractivity contribution >= 4 is 0 Å². The Balaban J connectivity index is 1.48. The summed E-state index contributed by atoms with van der Waals surface area (Å²) in [5.74, 6) is 0. The normalized spacial score (nSPS) is 23.6. The molecule has 0 unspecified atom stereocenters. The predicted octanol–water partition coefficient (Wildman–Crippen LogP) is 6.38. The Labute approximate surface area is 246 Å². The zero-order valence-electron chi connectivity index (χ0n) is 23.3. The molecule has 0 aliphatic heterocycles. The Hall–Kier alpha value is -4.01. The lowest BCUT2D eigenvalue weighted by Crippen LogP contribution is -2.65. The largest absolute Gasteiger partial charge is 0.390 e. The van der Waals surface area contributed by atoms with Crippen LogP contribution in [0.3, 0.4) is 0 Å². The Bertz CT molecular complexity index is 1390. The van der Waals surface area contributed by atoms with Crippen LogP contribution in [-0.2, 0) is 45.4 Å². The number of azide groups is 1. The second kappa shape index (κ2) is 15.3. The second-order valence-electron chi connectivity index (χ2n) is 10.2. The van der Waals surface area contributed by atoms with Gasteiger partial charge in [-0.3, -0.25) is 0 Å². The first-order chi connectivity index (χ1) is 20.7. The van der Waals surface area contributed by atoms with E-state index in [0.29, 0.717) is 0 Å². The Morgan fingerprint density at radius 3 is 1.17 bits per heavy atom. The van der Waals surface area contributed by atoms with Crippen LogP contribution in [0.2, 0.25) is 0 Å². The molecule has 0 aromatic heterocycles. The molecule has 0 bridgehead atoms. The summed E-state index contributed by atoms with van der Waals surface area (Å²) < 4.78 is 25.9. The first kappa shape index (κ1) is 29.5. The SMILES string of the molecule is [N-]=[N+]=N[C@@H]1[C@@H](O)[C@@H](OCc2ccccc2)[C@H](OCc2ccccc2)[C@@H](OCc2ccccc2)[C@@H]1OCc1ccccc1. The van der Waals surface area contributed by atoms with Gasteiger partial charge in [-0.15, -0.1) is 0 Å². The number of hydrogen-bond donors (Lipinski definition) is 1. The summed E-state index contributed by atoms with van der Waals surface area (Å²) >= 11 is 0. The van der Waals surface area contributed by atoms with E-state index in [9.17, 15) is 10.6 Å². The molecule has 0 amide bonds. The molecule has 0 radical (unpaired) electrons. The highest BCUT2D eigenvalue weighted by Gasteiger charge is 2.53. The molecule has 4 aromatic rings. The first-order valence-electron chi connectivity index (χ1n) is 14.1. The van der Waals surface area contributed by atoms with Crippen molar-refractivity contribution in [2.45, 2.75) is 63.0 Å². The van der Waals surface area contributed by atoms with Crippen LogP contribution in [0.1, 0.15) is 22.3 Å². The third-order valence-electron chi connectivity index (χ3n) is 7.32. The summed E-state index contributed by atoms with van der Waals surface area (Å²) in [4.78, 5) is 3.07. The number of rotatable bonds is 13. The van der Waals surface area contributed by atoms with E-state index in [0.717, 1.165) is 22.3 Å². The number of aliphatic hydroxyl groups excluding tert-OH is 1. The minimum atomic E-state index is -1.21. The van der Waals surface area contributed by atoms with E-state index in [-0.39, 0.29) is 26.4 Å². The van der Waals surface area contributed by atoms with Crippen molar-refractivity contribution in [1.82, 2.24) is 0 Å². The van der Waals surface area contributed by atoms with Crippen LogP contribution in [0, 0.1) is 0 Å². The molecule has 0 heterocycles. The lowest BCUT2D eigenvalue weighted by molar-refractivity contribution is -0.246. The number of ether oxygens (including phenoxy) is 4. The lowest BCUT2D eigenvalue weighted by Gasteiger charge is -2.47. The van der Waals surface area contributed by atoms with Crippen molar-refractivity contribution in [3.05, 3.63) is 154 Å². The van der Waals surface area contributed by atoms with Crippen LogP contribution in [0.5, 0.6) is 0 Å². The molecule has 6 atom stereocenters. The highest BCUT2D eigenvalue weighted by molar-refractivity contribution is 5.17. The molecule has 1 saturated carbocycles. The van der Waals surface area contributed by atoms with Gasteiger partial charge in [0.05, 0.1) is 44.7 Å². The van der Waals surface area contributed by atoms with E-state index in [2.05, 4.69) is 10.0 Å². The summed E-state index contributed by atoms with van der Waals surface area (Å²) in [6.45, 7) is 1.01. The third-order valence-corrected chi connectivity index (χ3v) is 7.32. The Morgan fingerprint density at radius 1 is 0.500 bits per heavy atom. The molecule has 8 heteroatoms. The van der Waals surface area contributed by atoms with Crippen molar-refractivity contribution in [2.24, 2.45) is 5.11 Å². The molecule has 1 aliphatic rings.